The molecule has 2 rings (SSSR count). The van der Waals surface area contributed by atoms with Crippen LogP contribution in [0.25, 0.3) is 10.9 Å². The topological polar surface area (TPSA) is 94.7 Å². The molecule has 0 saturated heterocycles. The van der Waals surface area contributed by atoms with Gasteiger partial charge in [-0.25, -0.2) is 5.84 Å². The van der Waals surface area contributed by atoms with Crippen LogP contribution < -0.4 is 11.3 Å². The summed E-state index contributed by atoms with van der Waals surface area (Å²) < 4.78 is 0. The second kappa shape index (κ2) is 4.68. The quantitative estimate of drug-likeness (QED) is 0.410. The number of nitrogens with zero attached hydrogens (tertiary/aromatic N) is 1. The first-order valence-corrected chi connectivity index (χ1v) is 5.09. The van der Waals surface area contributed by atoms with E-state index in [0.717, 1.165) is 16.5 Å². The van der Waals surface area contributed by atoms with Crippen molar-refractivity contribution in [2.24, 2.45) is 5.84 Å². The second-order valence-electron chi connectivity index (χ2n) is 3.57. The zero-order chi connectivity index (χ0) is 12.3. The van der Waals surface area contributed by atoms with E-state index in [0.29, 0.717) is 12.0 Å². The lowest BCUT2D eigenvalue weighted by Crippen LogP contribution is -2.30. The van der Waals surface area contributed by atoms with Crippen LogP contribution in [0.15, 0.2) is 24.4 Å². The first kappa shape index (κ1) is 11.2. The van der Waals surface area contributed by atoms with Gasteiger partial charge in [-0.15, -0.1) is 0 Å². The lowest BCUT2D eigenvalue weighted by molar-refractivity contribution is -0.118. The highest BCUT2D eigenvalue weighted by Crippen LogP contribution is 2.22. The van der Waals surface area contributed by atoms with Gasteiger partial charge in [0.2, 0.25) is 5.91 Å². The molecule has 1 amide bonds. The molecule has 1 aromatic heterocycles. The minimum Gasteiger partial charge on any atom is -0.361 e. The van der Waals surface area contributed by atoms with Crippen molar-refractivity contribution >= 4 is 16.8 Å². The molecule has 0 aliphatic carbocycles. The van der Waals surface area contributed by atoms with Crippen LogP contribution in [0.3, 0.4) is 0 Å². The average Bonchev–Trinajstić information content (AvgIpc) is 2.79. The number of carbonyl (C=O) groups excluding carboxylic acids is 1. The summed E-state index contributed by atoms with van der Waals surface area (Å²) in [4.78, 5) is 14.1. The predicted molar refractivity (Wildman–Crippen MR) is 63.3 cm³/mol. The molecular formula is C12H11N4O. The molecular weight excluding hydrogens is 216 g/mol. The number of fused-ring (bicyclic) bond motifs is 1. The number of carbonyl (C=O) groups is 1. The molecule has 5 nitrogen and oxygen atoms in total. The van der Waals surface area contributed by atoms with Crippen LogP contribution in [0.1, 0.15) is 11.1 Å². The first-order chi connectivity index (χ1) is 8.26. The van der Waals surface area contributed by atoms with Crippen molar-refractivity contribution in [2.75, 3.05) is 0 Å². The molecule has 4 N–H and O–H groups in total. The first-order valence-electron chi connectivity index (χ1n) is 5.09. The van der Waals surface area contributed by atoms with E-state index < -0.39 is 0 Å². The molecule has 0 bridgehead atoms. The zero-order valence-electron chi connectivity index (χ0n) is 9.03. The number of hydrazine groups is 1. The number of nitrogens with two attached hydrogens (primary N) is 1. The Bertz CT molecular complexity index is 594. The van der Waals surface area contributed by atoms with E-state index in [1.54, 1.807) is 12.3 Å². The molecule has 5 heteroatoms. The Morgan fingerprint density at radius 2 is 2.41 bits per heavy atom. The highest BCUT2D eigenvalue weighted by Gasteiger charge is 2.09. The SMILES string of the molecule is N#Cc1cccc2[nH]cc(C[CH]C(=O)NN)c12. The maximum absolute atomic E-state index is 11.0. The number of hydrogen-bond donors (Lipinski definition) is 3. The summed E-state index contributed by atoms with van der Waals surface area (Å²) in [6, 6.07) is 7.60. The third-order valence-electron chi connectivity index (χ3n) is 2.56. The van der Waals surface area contributed by atoms with Crippen molar-refractivity contribution in [2.45, 2.75) is 6.42 Å². The highest BCUT2D eigenvalue weighted by atomic mass is 16.2. The lowest BCUT2D eigenvalue weighted by atomic mass is 10.0. The van der Waals surface area contributed by atoms with Gasteiger partial charge in [0.05, 0.1) is 18.1 Å². The van der Waals surface area contributed by atoms with Crippen LogP contribution in [0.5, 0.6) is 0 Å². The maximum atomic E-state index is 11.0. The largest absolute Gasteiger partial charge is 0.361 e. The summed E-state index contributed by atoms with van der Waals surface area (Å²) >= 11 is 0. The summed E-state index contributed by atoms with van der Waals surface area (Å²) in [6.07, 6.45) is 3.67. The molecule has 0 spiro atoms. The molecule has 0 fully saturated rings. The van der Waals surface area contributed by atoms with Crippen molar-refractivity contribution in [1.29, 1.82) is 5.26 Å². The van der Waals surface area contributed by atoms with Crippen molar-refractivity contribution < 1.29 is 4.79 Å². The van der Waals surface area contributed by atoms with Gasteiger partial charge >= 0.3 is 0 Å². The summed E-state index contributed by atoms with van der Waals surface area (Å²) in [7, 11) is 0. The van der Waals surface area contributed by atoms with Gasteiger partial charge in [-0.2, -0.15) is 5.26 Å². The number of benzene rings is 1. The number of H-pyrrole nitrogens is 1. The molecule has 0 unspecified atom stereocenters. The Hall–Kier alpha value is -2.32. The molecule has 0 saturated carbocycles. The van der Waals surface area contributed by atoms with Crippen LogP contribution in [-0.4, -0.2) is 10.9 Å². The zero-order valence-corrected chi connectivity index (χ0v) is 9.03. The third kappa shape index (κ3) is 2.12. The smallest absolute Gasteiger partial charge is 0.238 e. The normalized spacial score (nSPS) is 10.1. The molecule has 0 aliphatic rings. The molecule has 1 radical (unpaired) electrons. The van der Waals surface area contributed by atoms with E-state index >= 15 is 0 Å². The molecule has 17 heavy (non-hydrogen) atoms. The fraction of sp³-hybridized carbons (Fsp3) is 0.0833. The Morgan fingerprint density at radius 3 is 3.12 bits per heavy atom. The third-order valence-corrected chi connectivity index (χ3v) is 2.56. The lowest BCUT2D eigenvalue weighted by Gasteiger charge is -2.00. The van der Waals surface area contributed by atoms with E-state index in [2.05, 4.69) is 11.1 Å². The number of aromatic nitrogens is 1. The van der Waals surface area contributed by atoms with Crippen molar-refractivity contribution in [3.05, 3.63) is 41.9 Å². The maximum Gasteiger partial charge on any atom is 0.238 e. The van der Waals surface area contributed by atoms with Crippen LogP contribution in [0, 0.1) is 17.8 Å². The Labute approximate surface area is 98.2 Å². The summed E-state index contributed by atoms with van der Waals surface area (Å²) in [5.41, 5.74) is 4.42. The fourth-order valence-electron chi connectivity index (χ4n) is 1.77. The Kier molecular flexibility index (Phi) is 3.08. The molecule has 85 valence electrons. The Balaban J connectivity index is 2.35. The van der Waals surface area contributed by atoms with Gasteiger partial charge in [0.15, 0.2) is 0 Å². The van der Waals surface area contributed by atoms with E-state index in [9.17, 15) is 4.79 Å². The Morgan fingerprint density at radius 1 is 1.59 bits per heavy atom. The van der Waals surface area contributed by atoms with Gasteiger partial charge in [-0.1, -0.05) is 6.07 Å². The number of aromatic amines is 1. The van der Waals surface area contributed by atoms with Gasteiger partial charge < -0.3 is 4.98 Å². The van der Waals surface area contributed by atoms with Crippen molar-refractivity contribution in [1.82, 2.24) is 10.4 Å². The predicted octanol–water partition coefficient (Wildman–Crippen LogP) is 0.776. The van der Waals surface area contributed by atoms with Crippen LogP contribution in [0.4, 0.5) is 0 Å². The number of rotatable bonds is 3. The van der Waals surface area contributed by atoms with Gasteiger partial charge in [0.1, 0.15) is 0 Å². The second-order valence-corrected chi connectivity index (χ2v) is 3.57. The van der Waals surface area contributed by atoms with E-state index in [4.69, 9.17) is 11.1 Å². The van der Waals surface area contributed by atoms with E-state index in [1.165, 1.54) is 6.42 Å². The molecule has 2 aromatic rings. The average molecular weight is 227 g/mol. The van der Waals surface area contributed by atoms with Crippen LogP contribution in [0.2, 0.25) is 0 Å². The molecule has 0 aliphatic heterocycles. The number of hydrogen-bond acceptors (Lipinski definition) is 3. The summed E-state index contributed by atoms with van der Waals surface area (Å²) in [6.45, 7) is 0. The van der Waals surface area contributed by atoms with Crippen molar-refractivity contribution in [3.8, 4) is 6.07 Å². The van der Waals surface area contributed by atoms with Crippen LogP contribution in [-0.2, 0) is 11.2 Å². The van der Waals surface area contributed by atoms with Gasteiger partial charge in [0, 0.05) is 17.1 Å². The number of nitriles is 1. The number of nitrogens with one attached hydrogen (secondary N) is 2. The minimum atomic E-state index is -0.339. The van der Waals surface area contributed by atoms with Crippen LogP contribution >= 0.6 is 0 Å². The monoisotopic (exact) mass is 227 g/mol. The fourth-order valence-corrected chi connectivity index (χ4v) is 1.77. The molecule has 1 aromatic carbocycles. The summed E-state index contributed by atoms with van der Waals surface area (Å²) in [5.74, 6) is 4.65. The van der Waals surface area contributed by atoms with Gasteiger partial charge in [0.25, 0.3) is 0 Å². The van der Waals surface area contributed by atoms with E-state index in [1.807, 2.05) is 17.6 Å². The van der Waals surface area contributed by atoms with Gasteiger partial charge in [-0.3, -0.25) is 10.2 Å². The molecule has 0 atom stereocenters. The summed E-state index contributed by atoms with van der Waals surface area (Å²) in [5, 5.41) is 9.89. The number of amides is 1. The highest BCUT2D eigenvalue weighted by molar-refractivity contribution is 5.90. The standard InChI is InChI=1S/C12H11N4O/c13-6-8-2-1-3-10-12(8)9(7-15-10)4-5-11(17)16-14/h1-3,5,7,15H,4,14H2,(H,16,17). The minimum absolute atomic E-state index is 0.339. The van der Waals surface area contributed by atoms with Gasteiger partial charge in [-0.05, 0) is 24.1 Å². The molecule has 1 heterocycles. The van der Waals surface area contributed by atoms with Crippen molar-refractivity contribution in [3.63, 3.8) is 0 Å². The van der Waals surface area contributed by atoms with E-state index in [-0.39, 0.29) is 5.91 Å².